The van der Waals surface area contributed by atoms with Gasteiger partial charge in [0.05, 0.1) is 0 Å². The number of pyridine rings is 1. The Morgan fingerprint density at radius 2 is 2.56 bits per heavy atom. The highest BCUT2D eigenvalue weighted by Crippen LogP contribution is 2.13. The highest BCUT2D eigenvalue weighted by atomic mass is 32.2. The molecule has 2 heteroatoms. The lowest BCUT2D eigenvalue weighted by Gasteiger charge is -1.92. The lowest BCUT2D eigenvalue weighted by molar-refractivity contribution is 1.24. The number of thioether (sulfide) groups is 1. The van der Waals surface area contributed by atoms with Gasteiger partial charge in [-0.2, -0.15) is 0 Å². The summed E-state index contributed by atoms with van der Waals surface area (Å²) in [7, 11) is 0. The minimum Gasteiger partial charge on any atom is -0.264 e. The zero-order valence-corrected chi connectivity index (χ0v) is 5.90. The maximum absolute atomic E-state index is 3.95. The van der Waals surface area contributed by atoms with Gasteiger partial charge in [0.15, 0.2) is 0 Å². The third kappa shape index (κ3) is 2.06. The molecule has 1 aromatic rings. The molecule has 47 valence electrons. The second kappa shape index (κ2) is 3.51. The highest BCUT2D eigenvalue weighted by Gasteiger charge is 1.86. The minimum atomic E-state index is 0.867. The molecule has 1 aromatic heterocycles. The zero-order chi connectivity index (χ0) is 6.53. The molecule has 0 fully saturated rings. The molecule has 0 spiro atoms. The maximum atomic E-state index is 3.95. The fourth-order valence-electron chi connectivity index (χ4n) is 0.550. The Hall–Kier alpha value is -0.500. The quantitative estimate of drug-likeness (QED) is 0.580. The molecular formula is C7H8NS. The molecule has 9 heavy (non-hydrogen) atoms. The third-order valence-corrected chi connectivity index (χ3v) is 1.68. The van der Waals surface area contributed by atoms with Crippen molar-refractivity contribution in [1.29, 1.82) is 0 Å². The molecule has 0 aliphatic carbocycles. The van der Waals surface area contributed by atoms with Crippen molar-refractivity contribution in [1.82, 2.24) is 4.98 Å². The van der Waals surface area contributed by atoms with E-state index in [1.54, 1.807) is 18.0 Å². The van der Waals surface area contributed by atoms with E-state index in [2.05, 4.69) is 11.9 Å². The molecule has 0 aliphatic rings. The molecule has 1 nitrogen and oxygen atoms in total. The lowest BCUT2D eigenvalue weighted by Crippen LogP contribution is -1.73. The SMILES string of the molecule is [CH2]CSc1cccnc1. The average Bonchev–Trinajstić information content (AvgIpc) is 1.91. The van der Waals surface area contributed by atoms with Crippen LogP contribution in [0.15, 0.2) is 29.4 Å². The summed E-state index contributed by atoms with van der Waals surface area (Å²) in [6.07, 6.45) is 3.61. The minimum absolute atomic E-state index is 0.867. The normalized spacial score (nSPS) is 9.44. The molecule has 0 N–H and O–H groups in total. The van der Waals surface area contributed by atoms with Crippen LogP contribution in [0.3, 0.4) is 0 Å². The van der Waals surface area contributed by atoms with Crippen molar-refractivity contribution >= 4 is 11.8 Å². The molecule has 1 heterocycles. The van der Waals surface area contributed by atoms with Crippen molar-refractivity contribution in [2.24, 2.45) is 0 Å². The summed E-state index contributed by atoms with van der Waals surface area (Å²) in [6, 6.07) is 3.96. The van der Waals surface area contributed by atoms with E-state index in [-0.39, 0.29) is 0 Å². The molecule has 1 rings (SSSR count). The van der Waals surface area contributed by atoms with E-state index in [0.29, 0.717) is 0 Å². The fraction of sp³-hybridized carbons (Fsp3) is 0.143. The Morgan fingerprint density at radius 1 is 1.67 bits per heavy atom. The van der Waals surface area contributed by atoms with E-state index >= 15 is 0 Å². The number of nitrogens with zero attached hydrogens (tertiary/aromatic N) is 1. The Morgan fingerprint density at radius 3 is 3.11 bits per heavy atom. The van der Waals surface area contributed by atoms with E-state index in [1.807, 2.05) is 18.3 Å². The second-order valence-electron chi connectivity index (χ2n) is 1.54. The molecule has 0 saturated carbocycles. The molecule has 0 aromatic carbocycles. The van der Waals surface area contributed by atoms with Gasteiger partial charge in [-0.1, -0.05) is 0 Å². The Bertz CT molecular complexity index is 162. The summed E-state index contributed by atoms with van der Waals surface area (Å²) in [5, 5.41) is 0. The van der Waals surface area contributed by atoms with Crippen LogP contribution >= 0.6 is 11.8 Å². The van der Waals surface area contributed by atoms with Crippen molar-refractivity contribution in [3.8, 4) is 0 Å². The highest BCUT2D eigenvalue weighted by molar-refractivity contribution is 7.99. The van der Waals surface area contributed by atoms with Gasteiger partial charge >= 0.3 is 0 Å². The first-order chi connectivity index (χ1) is 4.43. The topological polar surface area (TPSA) is 12.9 Å². The monoisotopic (exact) mass is 138 g/mol. The van der Waals surface area contributed by atoms with E-state index in [4.69, 9.17) is 0 Å². The van der Waals surface area contributed by atoms with Crippen LogP contribution in [0, 0.1) is 6.92 Å². The molecule has 0 aliphatic heterocycles. The molecule has 0 saturated heterocycles. The average molecular weight is 138 g/mol. The number of hydrogen-bond donors (Lipinski definition) is 0. The summed E-state index contributed by atoms with van der Waals surface area (Å²) in [6.45, 7) is 3.72. The first-order valence-electron chi connectivity index (χ1n) is 2.75. The van der Waals surface area contributed by atoms with Crippen LogP contribution in [0.1, 0.15) is 0 Å². The summed E-state index contributed by atoms with van der Waals surface area (Å²) in [5.74, 6) is 0.867. The van der Waals surface area contributed by atoms with Crippen LogP contribution in [-0.4, -0.2) is 10.7 Å². The fourth-order valence-corrected chi connectivity index (χ4v) is 1.10. The Kier molecular flexibility index (Phi) is 2.58. The van der Waals surface area contributed by atoms with Crippen LogP contribution in [0.2, 0.25) is 0 Å². The maximum Gasteiger partial charge on any atom is 0.0403 e. The van der Waals surface area contributed by atoms with Gasteiger partial charge in [0, 0.05) is 17.3 Å². The smallest absolute Gasteiger partial charge is 0.0403 e. The van der Waals surface area contributed by atoms with Crippen LogP contribution in [-0.2, 0) is 0 Å². The predicted molar refractivity (Wildman–Crippen MR) is 40.3 cm³/mol. The largest absolute Gasteiger partial charge is 0.264 e. The van der Waals surface area contributed by atoms with Gasteiger partial charge in [0.25, 0.3) is 0 Å². The first kappa shape index (κ1) is 6.62. The van der Waals surface area contributed by atoms with Gasteiger partial charge in [0.1, 0.15) is 0 Å². The molecule has 1 radical (unpaired) electrons. The van der Waals surface area contributed by atoms with Gasteiger partial charge in [-0.3, -0.25) is 4.98 Å². The number of hydrogen-bond acceptors (Lipinski definition) is 2. The van der Waals surface area contributed by atoms with Crippen LogP contribution in [0.4, 0.5) is 0 Å². The van der Waals surface area contributed by atoms with E-state index in [0.717, 1.165) is 5.75 Å². The standard InChI is InChI=1S/C7H8NS/c1-2-9-7-4-3-5-8-6-7/h3-6H,1-2H2. The lowest BCUT2D eigenvalue weighted by atomic mass is 10.5. The van der Waals surface area contributed by atoms with E-state index in [9.17, 15) is 0 Å². The van der Waals surface area contributed by atoms with Crippen molar-refractivity contribution in [3.63, 3.8) is 0 Å². The summed E-state index contributed by atoms with van der Waals surface area (Å²) >= 11 is 1.70. The van der Waals surface area contributed by atoms with Crippen molar-refractivity contribution in [2.75, 3.05) is 5.75 Å². The summed E-state index contributed by atoms with van der Waals surface area (Å²) < 4.78 is 0. The molecular weight excluding hydrogens is 130 g/mol. The second-order valence-corrected chi connectivity index (χ2v) is 2.71. The van der Waals surface area contributed by atoms with Crippen LogP contribution in [0.5, 0.6) is 0 Å². The third-order valence-electron chi connectivity index (χ3n) is 0.903. The van der Waals surface area contributed by atoms with Crippen LogP contribution in [0.25, 0.3) is 0 Å². The molecule has 0 amide bonds. The molecule has 0 unspecified atom stereocenters. The van der Waals surface area contributed by atoms with Crippen LogP contribution < -0.4 is 0 Å². The van der Waals surface area contributed by atoms with Crippen molar-refractivity contribution in [3.05, 3.63) is 31.5 Å². The van der Waals surface area contributed by atoms with E-state index in [1.165, 1.54) is 4.90 Å². The number of aromatic nitrogens is 1. The zero-order valence-electron chi connectivity index (χ0n) is 5.08. The molecule has 0 atom stereocenters. The van der Waals surface area contributed by atoms with Gasteiger partial charge in [-0.05, 0) is 24.8 Å². The Labute approximate surface area is 59.5 Å². The van der Waals surface area contributed by atoms with Gasteiger partial charge in [0.2, 0.25) is 0 Å². The first-order valence-corrected chi connectivity index (χ1v) is 3.74. The predicted octanol–water partition coefficient (Wildman–Crippen LogP) is 2.01. The van der Waals surface area contributed by atoms with E-state index < -0.39 is 0 Å². The van der Waals surface area contributed by atoms with Crippen molar-refractivity contribution < 1.29 is 0 Å². The molecule has 0 bridgehead atoms. The number of rotatable bonds is 2. The summed E-state index contributed by atoms with van der Waals surface area (Å²) in [4.78, 5) is 5.14. The van der Waals surface area contributed by atoms with Gasteiger partial charge < -0.3 is 0 Å². The summed E-state index contributed by atoms with van der Waals surface area (Å²) in [5.41, 5.74) is 0. The van der Waals surface area contributed by atoms with Gasteiger partial charge in [-0.15, -0.1) is 11.8 Å². The van der Waals surface area contributed by atoms with Gasteiger partial charge in [-0.25, -0.2) is 0 Å². The van der Waals surface area contributed by atoms with Crippen molar-refractivity contribution in [2.45, 2.75) is 4.90 Å². The Balaban J connectivity index is 2.61.